The van der Waals surface area contributed by atoms with Crippen molar-refractivity contribution < 1.29 is 9.13 Å². The summed E-state index contributed by atoms with van der Waals surface area (Å²) < 4.78 is 19.0. The minimum atomic E-state index is -0.723. The molecule has 0 radical (unpaired) electrons. The number of unbranched alkanes of at least 4 members (excludes halogenated alkanes) is 2. The molecule has 0 saturated heterocycles. The Morgan fingerprint density at radius 2 is 1.61 bits per heavy atom. The molecule has 2 saturated carbocycles. The molecule has 2 rings (SSSR count). The molecule has 0 unspecified atom stereocenters. The van der Waals surface area contributed by atoms with Crippen LogP contribution in [0, 0.1) is 29.1 Å². The van der Waals surface area contributed by atoms with Gasteiger partial charge in [0.05, 0.1) is 6.10 Å². The number of nitriles is 1. The summed E-state index contributed by atoms with van der Waals surface area (Å²) in [7, 11) is 0. The van der Waals surface area contributed by atoms with E-state index in [2.05, 4.69) is 6.92 Å². The molecule has 28 heavy (non-hydrogen) atoms. The molecular formula is C25H40FNO. The summed E-state index contributed by atoms with van der Waals surface area (Å²) in [4.78, 5) is 0. The van der Waals surface area contributed by atoms with Crippen LogP contribution in [0.15, 0.2) is 24.1 Å². The lowest BCUT2D eigenvalue weighted by atomic mass is 9.80. The summed E-state index contributed by atoms with van der Waals surface area (Å²) >= 11 is 0. The monoisotopic (exact) mass is 389 g/mol. The molecule has 0 bridgehead atoms. The molecule has 0 N–H and O–H groups in total. The first-order valence-electron chi connectivity index (χ1n) is 11.7. The highest BCUT2D eigenvalue weighted by molar-refractivity contribution is 5.18. The number of allylic oxidation sites excluding steroid dienone is 4. The van der Waals surface area contributed by atoms with Gasteiger partial charge >= 0.3 is 0 Å². The van der Waals surface area contributed by atoms with Crippen molar-refractivity contribution in [3.05, 3.63) is 24.1 Å². The second-order valence-corrected chi connectivity index (χ2v) is 8.99. The third-order valence-corrected chi connectivity index (χ3v) is 6.77. The summed E-state index contributed by atoms with van der Waals surface area (Å²) in [5.41, 5.74) is 0. The zero-order valence-corrected chi connectivity index (χ0v) is 17.9. The van der Waals surface area contributed by atoms with E-state index < -0.39 is 5.83 Å². The Balaban J connectivity index is 1.51. The van der Waals surface area contributed by atoms with Gasteiger partial charge in [0.25, 0.3) is 0 Å². The Morgan fingerprint density at radius 3 is 2.29 bits per heavy atom. The molecule has 0 atom stereocenters. The van der Waals surface area contributed by atoms with E-state index in [0.717, 1.165) is 37.2 Å². The number of rotatable bonds is 11. The number of hydrogen-bond acceptors (Lipinski definition) is 2. The average Bonchev–Trinajstić information content (AvgIpc) is 2.74. The van der Waals surface area contributed by atoms with Crippen LogP contribution in [0.4, 0.5) is 4.39 Å². The normalized spacial score (nSPS) is 29.1. The van der Waals surface area contributed by atoms with Gasteiger partial charge in [0.1, 0.15) is 6.07 Å². The third kappa shape index (κ3) is 9.37. The van der Waals surface area contributed by atoms with Crippen molar-refractivity contribution in [2.45, 2.75) is 103 Å². The lowest BCUT2D eigenvalue weighted by Gasteiger charge is -2.32. The van der Waals surface area contributed by atoms with Gasteiger partial charge in [0.2, 0.25) is 0 Å². The Hall–Kier alpha value is -1.14. The smallest absolute Gasteiger partial charge is 0.199 e. The number of ether oxygens (including phenoxy) is 1. The maximum Gasteiger partial charge on any atom is 0.199 e. The van der Waals surface area contributed by atoms with E-state index >= 15 is 0 Å². The predicted octanol–water partition coefficient (Wildman–Crippen LogP) is 7.66. The van der Waals surface area contributed by atoms with E-state index in [1.807, 2.05) is 6.08 Å². The summed E-state index contributed by atoms with van der Waals surface area (Å²) in [5, 5.41) is 8.36. The van der Waals surface area contributed by atoms with Crippen molar-refractivity contribution in [3.8, 4) is 6.07 Å². The lowest BCUT2D eigenvalue weighted by Crippen LogP contribution is -2.26. The molecule has 2 nitrogen and oxygen atoms in total. The van der Waals surface area contributed by atoms with E-state index in [4.69, 9.17) is 10.00 Å². The molecule has 0 aromatic carbocycles. The van der Waals surface area contributed by atoms with Gasteiger partial charge in [-0.3, -0.25) is 0 Å². The maximum absolute atomic E-state index is 12.7. The predicted molar refractivity (Wildman–Crippen MR) is 114 cm³/mol. The molecule has 2 aliphatic rings. The standard InChI is InChI=1S/C25H40FNO/c1-2-3-5-8-21-11-13-23(14-12-21)20-28-25-17-15-22(16-18-25)9-6-4-7-10-24(26)19-27/h4,7,10,21-23,25H,2-3,5-6,8-9,11-18,20H2,1H3/t21-,22-,23-,25-. The molecule has 0 amide bonds. The highest BCUT2D eigenvalue weighted by Gasteiger charge is 2.24. The van der Waals surface area contributed by atoms with E-state index in [1.54, 1.807) is 6.08 Å². The molecule has 2 fully saturated rings. The molecule has 0 spiro atoms. The SMILES string of the molecule is CCCCC[C@H]1CC[C@H](CO[C@H]2CC[C@H](CCC=CC=C(F)C#N)CC2)CC1. The van der Waals surface area contributed by atoms with Gasteiger partial charge in [0, 0.05) is 6.61 Å². The molecule has 0 aromatic rings. The van der Waals surface area contributed by atoms with Crippen LogP contribution in [-0.2, 0) is 4.74 Å². The zero-order chi connectivity index (χ0) is 20.0. The van der Waals surface area contributed by atoms with E-state index in [1.165, 1.54) is 89.2 Å². The fourth-order valence-electron chi connectivity index (χ4n) is 4.85. The molecule has 3 heteroatoms. The van der Waals surface area contributed by atoms with Crippen LogP contribution in [0.5, 0.6) is 0 Å². The largest absolute Gasteiger partial charge is 0.378 e. The average molecular weight is 390 g/mol. The first-order valence-corrected chi connectivity index (χ1v) is 11.7. The van der Waals surface area contributed by atoms with Crippen LogP contribution in [0.25, 0.3) is 0 Å². The van der Waals surface area contributed by atoms with Gasteiger partial charge in [-0.15, -0.1) is 0 Å². The van der Waals surface area contributed by atoms with Crippen molar-refractivity contribution in [3.63, 3.8) is 0 Å². The lowest BCUT2D eigenvalue weighted by molar-refractivity contribution is -0.0102. The Kier molecular flexibility index (Phi) is 11.5. The van der Waals surface area contributed by atoms with E-state index in [0.29, 0.717) is 6.10 Å². The minimum absolute atomic E-state index is 0.474. The second-order valence-electron chi connectivity index (χ2n) is 8.99. The first-order chi connectivity index (χ1) is 13.7. The van der Waals surface area contributed by atoms with Gasteiger partial charge in [-0.2, -0.15) is 9.65 Å². The molecule has 158 valence electrons. The highest BCUT2D eigenvalue weighted by Crippen LogP contribution is 2.34. The maximum atomic E-state index is 12.7. The Bertz CT molecular complexity index is 505. The third-order valence-electron chi connectivity index (χ3n) is 6.77. The summed E-state index contributed by atoms with van der Waals surface area (Å²) in [5.74, 6) is 1.83. The van der Waals surface area contributed by atoms with Gasteiger partial charge in [-0.1, -0.05) is 57.6 Å². The second kappa shape index (κ2) is 13.9. The van der Waals surface area contributed by atoms with E-state index in [-0.39, 0.29) is 0 Å². The number of nitrogens with zero attached hydrogens (tertiary/aromatic N) is 1. The van der Waals surface area contributed by atoms with Gasteiger partial charge in [-0.05, 0) is 75.2 Å². The van der Waals surface area contributed by atoms with Crippen LogP contribution < -0.4 is 0 Å². The molecular weight excluding hydrogens is 349 g/mol. The fourth-order valence-corrected chi connectivity index (χ4v) is 4.85. The number of hydrogen-bond donors (Lipinski definition) is 0. The fraction of sp³-hybridized carbons (Fsp3) is 0.800. The zero-order valence-electron chi connectivity index (χ0n) is 17.9. The van der Waals surface area contributed by atoms with Gasteiger partial charge in [0.15, 0.2) is 5.83 Å². The summed E-state index contributed by atoms with van der Waals surface area (Å²) in [6, 6.07) is 1.49. The molecule has 0 aliphatic heterocycles. The van der Waals surface area contributed by atoms with Crippen molar-refractivity contribution in [1.82, 2.24) is 0 Å². The van der Waals surface area contributed by atoms with Crippen LogP contribution in [-0.4, -0.2) is 12.7 Å². The Labute approximate surface area is 172 Å². The van der Waals surface area contributed by atoms with Crippen LogP contribution >= 0.6 is 0 Å². The van der Waals surface area contributed by atoms with Crippen molar-refractivity contribution in [1.29, 1.82) is 5.26 Å². The molecule has 0 heterocycles. The highest BCUT2D eigenvalue weighted by atomic mass is 19.1. The van der Waals surface area contributed by atoms with Crippen molar-refractivity contribution in [2.75, 3.05) is 6.61 Å². The number of halogens is 1. The van der Waals surface area contributed by atoms with Crippen molar-refractivity contribution in [2.24, 2.45) is 17.8 Å². The quantitative estimate of drug-likeness (QED) is 0.206. The Morgan fingerprint density at radius 1 is 0.964 bits per heavy atom. The van der Waals surface area contributed by atoms with E-state index in [9.17, 15) is 4.39 Å². The first kappa shape index (κ1) is 23.1. The van der Waals surface area contributed by atoms with Crippen LogP contribution in [0.2, 0.25) is 0 Å². The summed E-state index contributed by atoms with van der Waals surface area (Å²) in [6.45, 7) is 3.27. The van der Waals surface area contributed by atoms with Crippen LogP contribution in [0.1, 0.15) is 96.8 Å². The van der Waals surface area contributed by atoms with Gasteiger partial charge < -0.3 is 4.74 Å². The molecule has 0 aromatic heterocycles. The molecule has 2 aliphatic carbocycles. The van der Waals surface area contributed by atoms with Crippen LogP contribution in [0.3, 0.4) is 0 Å². The van der Waals surface area contributed by atoms with Crippen molar-refractivity contribution >= 4 is 0 Å². The summed E-state index contributed by atoms with van der Waals surface area (Å²) in [6.07, 6.45) is 23.6. The topological polar surface area (TPSA) is 33.0 Å². The van der Waals surface area contributed by atoms with Gasteiger partial charge in [-0.25, -0.2) is 0 Å². The minimum Gasteiger partial charge on any atom is -0.378 e.